The summed E-state index contributed by atoms with van der Waals surface area (Å²) in [5.41, 5.74) is -0.180. The van der Waals surface area contributed by atoms with Crippen LogP contribution in [0.1, 0.15) is 24.3 Å². The Hall–Kier alpha value is -2.51. The van der Waals surface area contributed by atoms with Crippen LogP contribution in [-0.2, 0) is 9.53 Å². The van der Waals surface area contributed by atoms with Gasteiger partial charge in [-0.25, -0.2) is 9.78 Å². The van der Waals surface area contributed by atoms with Gasteiger partial charge in [-0.15, -0.1) is 0 Å². The Balaban J connectivity index is 3.00. The number of hydrogen-bond acceptors (Lipinski definition) is 6. The molecule has 0 aliphatic carbocycles. The van der Waals surface area contributed by atoms with Crippen LogP contribution < -0.4 is 0 Å². The number of likely N-dealkylation sites (N-methyl/N-ethyl adjacent to an activating group) is 1. The van der Waals surface area contributed by atoms with Crippen molar-refractivity contribution in [2.75, 3.05) is 14.2 Å². The Kier molecular flexibility index (Phi) is 5.34. The van der Waals surface area contributed by atoms with Gasteiger partial charge in [0, 0.05) is 13.1 Å². The Morgan fingerprint density at radius 3 is 2.38 bits per heavy atom. The molecular formula is C13H17N3O5. The van der Waals surface area contributed by atoms with Crippen LogP contribution >= 0.6 is 0 Å². The maximum atomic E-state index is 12.3. The number of nitro groups is 1. The largest absolute Gasteiger partial charge is 0.467 e. The van der Waals surface area contributed by atoms with E-state index in [0.29, 0.717) is 0 Å². The molecule has 1 rings (SSSR count). The van der Waals surface area contributed by atoms with Crippen LogP contribution in [0.25, 0.3) is 0 Å². The first-order valence-corrected chi connectivity index (χ1v) is 6.25. The predicted molar refractivity (Wildman–Crippen MR) is 73.6 cm³/mol. The van der Waals surface area contributed by atoms with Crippen molar-refractivity contribution in [3.63, 3.8) is 0 Å². The van der Waals surface area contributed by atoms with Crippen molar-refractivity contribution in [2.24, 2.45) is 5.92 Å². The summed E-state index contributed by atoms with van der Waals surface area (Å²) in [5.74, 6) is -1.18. The molecule has 8 heteroatoms. The molecule has 0 aliphatic heterocycles. The van der Waals surface area contributed by atoms with Gasteiger partial charge in [0.1, 0.15) is 17.9 Å². The van der Waals surface area contributed by atoms with Crippen molar-refractivity contribution in [2.45, 2.75) is 19.9 Å². The highest BCUT2D eigenvalue weighted by Gasteiger charge is 2.31. The number of pyridine rings is 1. The van der Waals surface area contributed by atoms with E-state index >= 15 is 0 Å². The van der Waals surface area contributed by atoms with Crippen molar-refractivity contribution in [1.29, 1.82) is 0 Å². The van der Waals surface area contributed by atoms with Gasteiger partial charge in [-0.1, -0.05) is 13.8 Å². The monoisotopic (exact) mass is 295 g/mol. The summed E-state index contributed by atoms with van der Waals surface area (Å²) in [7, 11) is 2.72. The number of aromatic nitrogens is 1. The first kappa shape index (κ1) is 16.5. The molecule has 0 saturated heterocycles. The summed E-state index contributed by atoms with van der Waals surface area (Å²) < 4.78 is 4.69. The first-order valence-electron chi connectivity index (χ1n) is 6.25. The van der Waals surface area contributed by atoms with E-state index in [1.165, 1.54) is 31.2 Å². The molecule has 1 atom stereocenters. The van der Waals surface area contributed by atoms with Gasteiger partial charge in [-0.05, 0) is 12.0 Å². The van der Waals surface area contributed by atoms with Gasteiger partial charge in [-0.3, -0.25) is 14.9 Å². The van der Waals surface area contributed by atoms with E-state index in [-0.39, 0.29) is 17.3 Å². The minimum absolute atomic E-state index is 0.0256. The van der Waals surface area contributed by atoms with Crippen LogP contribution in [0.15, 0.2) is 18.3 Å². The van der Waals surface area contributed by atoms with Crippen LogP contribution in [0, 0.1) is 16.0 Å². The molecule has 0 bridgehead atoms. The molecule has 0 aliphatic rings. The number of methoxy groups -OCH3 is 1. The topological polar surface area (TPSA) is 103 Å². The van der Waals surface area contributed by atoms with Crippen LogP contribution in [0.5, 0.6) is 0 Å². The molecule has 0 N–H and O–H groups in total. The molecule has 0 saturated carbocycles. The normalized spacial score (nSPS) is 11.9. The van der Waals surface area contributed by atoms with E-state index in [0.717, 1.165) is 6.20 Å². The van der Waals surface area contributed by atoms with Crippen molar-refractivity contribution in [1.82, 2.24) is 9.88 Å². The second-order valence-corrected chi connectivity index (χ2v) is 4.79. The van der Waals surface area contributed by atoms with Gasteiger partial charge in [0.25, 0.3) is 11.6 Å². The lowest BCUT2D eigenvalue weighted by molar-refractivity contribution is -0.385. The molecule has 1 aromatic rings. The number of hydrogen-bond donors (Lipinski definition) is 0. The maximum absolute atomic E-state index is 12.3. The molecule has 21 heavy (non-hydrogen) atoms. The van der Waals surface area contributed by atoms with Gasteiger partial charge in [-0.2, -0.15) is 0 Å². The van der Waals surface area contributed by atoms with Crippen LogP contribution in [0.3, 0.4) is 0 Å². The SMILES string of the molecule is COC(=O)C(C(C)C)N(C)C(=O)c1ccc([N+](=O)[O-])cn1. The van der Waals surface area contributed by atoms with Crippen molar-refractivity contribution < 1.29 is 19.2 Å². The van der Waals surface area contributed by atoms with Gasteiger partial charge < -0.3 is 9.64 Å². The molecule has 0 aromatic carbocycles. The average Bonchev–Trinajstić information content (AvgIpc) is 2.45. The molecule has 1 unspecified atom stereocenters. The zero-order valence-electron chi connectivity index (χ0n) is 12.3. The summed E-state index contributed by atoms with van der Waals surface area (Å²) in [6, 6.07) is 1.70. The molecular weight excluding hydrogens is 278 g/mol. The van der Waals surface area contributed by atoms with Gasteiger partial charge in [0.2, 0.25) is 0 Å². The fourth-order valence-corrected chi connectivity index (χ4v) is 1.93. The van der Waals surface area contributed by atoms with Crippen LogP contribution in [-0.4, -0.2) is 46.9 Å². The molecule has 1 aromatic heterocycles. The zero-order chi connectivity index (χ0) is 16.2. The third-order valence-corrected chi connectivity index (χ3v) is 2.99. The minimum atomic E-state index is -0.750. The molecule has 0 fully saturated rings. The van der Waals surface area contributed by atoms with Crippen molar-refractivity contribution in [3.8, 4) is 0 Å². The number of carbonyl (C=O) groups excluding carboxylic acids is 2. The highest BCUT2D eigenvalue weighted by molar-refractivity contribution is 5.95. The minimum Gasteiger partial charge on any atom is -0.467 e. The number of amides is 1. The highest BCUT2D eigenvalue weighted by Crippen LogP contribution is 2.15. The fraction of sp³-hybridized carbons (Fsp3) is 0.462. The summed E-state index contributed by atoms with van der Waals surface area (Å²) in [6.07, 6.45) is 1.00. The quantitative estimate of drug-likeness (QED) is 0.460. The summed E-state index contributed by atoms with van der Waals surface area (Å²) in [6.45, 7) is 3.57. The van der Waals surface area contributed by atoms with Gasteiger partial charge in [0.15, 0.2) is 0 Å². The van der Waals surface area contributed by atoms with E-state index in [2.05, 4.69) is 9.72 Å². The second kappa shape index (κ2) is 6.78. The Morgan fingerprint density at radius 1 is 1.38 bits per heavy atom. The van der Waals surface area contributed by atoms with Crippen molar-refractivity contribution >= 4 is 17.6 Å². The summed E-state index contributed by atoms with van der Waals surface area (Å²) >= 11 is 0. The third kappa shape index (κ3) is 3.74. The fourth-order valence-electron chi connectivity index (χ4n) is 1.93. The van der Waals surface area contributed by atoms with E-state index in [1.807, 2.05) is 0 Å². The standard InChI is InChI=1S/C13H17N3O5/c1-8(2)11(13(18)21-4)15(3)12(17)10-6-5-9(7-14-10)16(19)20/h5-8,11H,1-4H3. The third-order valence-electron chi connectivity index (χ3n) is 2.99. The van der Waals surface area contributed by atoms with Gasteiger partial charge in [0.05, 0.1) is 12.0 Å². The molecule has 1 amide bonds. The second-order valence-electron chi connectivity index (χ2n) is 4.79. The Labute approximate surface area is 121 Å². The highest BCUT2D eigenvalue weighted by atomic mass is 16.6. The summed E-state index contributed by atoms with van der Waals surface area (Å²) in [5, 5.41) is 10.6. The number of carbonyl (C=O) groups is 2. The number of ether oxygens (including phenoxy) is 1. The lowest BCUT2D eigenvalue weighted by atomic mass is 10.0. The smallest absolute Gasteiger partial charge is 0.328 e. The number of rotatable bonds is 5. The number of nitrogens with zero attached hydrogens (tertiary/aromatic N) is 3. The molecule has 0 spiro atoms. The molecule has 8 nitrogen and oxygen atoms in total. The molecule has 0 radical (unpaired) electrons. The van der Waals surface area contributed by atoms with E-state index in [4.69, 9.17) is 0 Å². The lowest BCUT2D eigenvalue weighted by Crippen LogP contribution is -2.46. The zero-order valence-corrected chi connectivity index (χ0v) is 12.3. The Morgan fingerprint density at radius 2 is 2.00 bits per heavy atom. The van der Waals surface area contributed by atoms with Crippen LogP contribution in [0.4, 0.5) is 5.69 Å². The average molecular weight is 295 g/mol. The number of esters is 1. The summed E-state index contributed by atoms with van der Waals surface area (Å²) in [4.78, 5) is 39.0. The molecule has 1 heterocycles. The lowest BCUT2D eigenvalue weighted by Gasteiger charge is -2.28. The van der Waals surface area contributed by atoms with Crippen LogP contribution in [0.2, 0.25) is 0 Å². The Bertz CT molecular complexity index is 541. The first-order chi connectivity index (χ1) is 9.79. The molecule has 114 valence electrons. The van der Waals surface area contributed by atoms with Gasteiger partial charge >= 0.3 is 5.97 Å². The maximum Gasteiger partial charge on any atom is 0.328 e. The van der Waals surface area contributed by atoms with Crippen molar-refractivity contribution in [3.05, 3.63) is 34.1 Å². The van der Waals surface area contributed by atoms with E-state index in [9.17, 15) is 19.7 Å². The predicted octanol–water partition coefficient (Wildman–Crippen LogP) is 1.26. The van der Waals surface area contributed by atoms with E-state index < -0.39 is 22.8 Å². The van der Waals surface area contributed by atoms with E-state index in [1.54, 1.807) is 13.8 Å².